The van der Waals surface area contributed by atoms with Crippen LogP contribution in [0, 0.1) is 5.82 Å². The Bertz CT molecular complexity index is 1080. The Kier molecular flexibility index (Phi) is 4.65. The lowest BCUT2D eigenvalue weighted by atomic mass is 10.2. The third kappa shape index (κ3) is 3.44. The predicted octanol–water partition coefficient (Wildman–Crippen LogP) is 6.08. The maximum atomic E-state index is 13.6. The smallest absolute Gasteiger partial charge is 0.320 e. The van der Waals surface area contributed by atoms with E-state index in [-0.39, 0.29) is 11.6 Å². The molecule has 0 fully saturated rings. The van der Waals surface area contributed by atoms with Crippen molar-refractivity contribution in [3.63, 3.8) is 0 Å². The highest BCUT2D eigenvalue weighted by Gasteiger charge is 2.23. The van der Waals surface area contributed by atoms with E-state index in [1.54, 1.807) is 43.3 Å². The number of para-hydroxylation sites is 2. The molecule has 0 spiro atoms. The van der Waals surface area contributed by atoms with E-state index in [0.29, 0.717) is 27.6 Å². The predicted molar refractivity (Wildman–Crippen MR) is 97.2 cm³/mol. The number of benzene rings is 2. The van der Waals surface area contributed by atoms with Crippen molar-refractivity contribution < 1.29 is 17.6 Å². The van der Waals surface area contributed by atoms with Crippen molar-refractivity contribution in [2.75, 3.05) is 0 Å². The molecule has 4 aromatic rings. The van der Waals surface area contributed by atoms with Gasteiger partial charge < -0.3 is 4.42 Å². The minimum atomic E-state index is -2.70. The number of nitrogens with zero attached hydrogens (tertiary/aromatic N) is 3. The summed E-state index contributed by atoms with van der Waals surface area (Å²) in [5.74, 6) is 0.386. The molecule has 1 unspecified atom stereocenters. The Morgan fingerprint density at radius 1 is 1.07 bits per heavy atom. The summed E-state index contributed by atoms with van der Waals surface area (Å²) < 4.78 is 46.8. The highest BCUT2D eigenvalue weighted by atomic mass is 32.2. The summed E-state index contributed by atoms with van der Waals surface area (Å²) in [6.07, 6.45) is 1.53. The van der Waals surface area contributed by atoms with Crippen LogP contribution >= 0.6 is 11.8 Å². The number of imidazole rings is 1. The summed E-state index contributed by atoms with van der Waals surface area (Å²) in [6.45, 7) is -0.929. The first kappa shape index (κ1) is 17.7. The van der Waals surface area contributed by atoms with Gasteiger partial charge in [0.2, 0.25) is 0 Å². The fourth-order valence-electron chi connectivity index (χ4n) is 2.82. The number of fused-ring (bicyclic) bond motifs is 1. The summed E-state index contributed by atoms with van der Waals surface area (Å²) in [6, 6.07) is 12.6. The first-order chi connectivity index (χ1) is 13.0. The third-order valence-corrected chi connectivity index (χ3v) is 5.03. The van der Waals surface area contributed by atoms with Crippen LogP contribution in [-0.4, -0.2) is 14.5 Å². The minimum absolute atomic E-state index is 0.248. The number of thioether (sulfide) groups is 1. The van der Waals surface area contributed by atoms with Crippen LogP contribution in [-0.2, 0) is 0 Å². The molecule has 0 aliphatic heterocycles. The van der Waals surface area contributed by atoms with Gasteiger partial charge in [0.1, 0.15) is 11.6 Å². The molecule has 4 nitrogen and oxygen atoms in total. The molecule has 2 aromatic carbocycles. The molecule has 8 heteroatoms. The van der Waals surface area contributed by atoms with Crippen molar-refractivity contribution in [2.24, 2.45) is 0 Å². The molecule has 2 aromatic heterocycles. The number of oxazole rings is 1. The van der Waals surface area contributed by atoms with Crippen LogP contribution in [0.2, 0.25) is 0 Å². The quantitative estimate of drug-likeness (QED) is 0.388. The number of alkyl halides is 2. The average Bonchev–Trinajstić information content (AvgIpc) is 3.26. The van der Waals surface area contributed by atoms with Gasteiger partial charge >= 0.3 is 6.55 Å². The fourth-order valence-corrected chi connectivity index (χ4v) is 3.64. The van der Waals surface area contributed by atoms with Crippen LogP contribution in [0.5, 0.6) is 0 Å². The lowest BCUT2D eigenvalue weighted by Crippen LogP contribution is -2.06. The molecule has 0 N–H and O–H groups in total. The monoisotopic (exact) mass is 389 g/mol. The summed E-state index contributed by atoms with van der Waals surface area (Å²) in [5.41, 5.74) is 1.58. The Morgan fingerprint density at radius 3 is 2.56 bits per heavy atom. The number of hydrogen-bond acceptors (Lipinski definition) is 4. The summed E-state index contributed by atoms with van der Waals surface area (Å²) in [5, 5.41) is -0.0826. The van der Waals surface area contributed by atoms with Crippen LogP contribution < -0.4 is 0 Å². The lowest BCUT2D eigenvalue weighted by Gasteiger charge is -2.12. The molecule has 27 heavy (non-hydrogen) atoms. The fraction of sp³-hybridized carbons (Fsp3) is 0.158. The van der Waals surface area contributed by atoms with E-state index in [1.165, 1.54) is 30.1 Å². The largest absolute Gasteiger partial charge is 0.431 e. The highest BCUT2D eigenvalue weighted by molar-refractivity contribution is 7.99. The van der Waals surface area contributed by atoms with Crippen LogP contribution in [0.25, 0.3) is 22.4 Å². The van der Waals surface area contributed by atoms with E-state index in [0.717, 1.165) is 4.57 Å². The van der Waals surface area contributed by atoms with Gasteiger partial charge in [-0.05, 0) is 43.3 Å². The Balaban J connectivity index is 1.61. The van der Waals surface area contributed by atoms with Gasteiger partial charge in [-0.15, -0.1) is 0 Å². The number of halogens is 3. The van der Waals surface area contributed by atoms with E-state index in [4.69, 9.17) is 4.42 Å². The lowest BCUT2D eigenvalue weighted by molar-refractivity contribution is 0.0715. The van der Waals surface area contributed by atoms with Crippen molar-refractivity contribution in [3.8, 4) is 11.3 Å². The SMILES string of the molecule is CC(Sc1ncc(-c2ccc(F)cc2)o1)c1nc2ccccc2n1C(F)F. The zero-order valence-electron chi connectivity index (χ0n) is 14.1. The minimum Gasteiger partial charge on any atom is -0.431 e. The molecule has 0 amide bonds. The van der Waals surface area contributed by atoms with Crippen LogP contribution in [0.15, 0.2) is 64.4 Å². The molecule has 2 heterocycles. The Morgan fingerprint density at radius 2 is 1.81 bits per heavy atom. The summed E-state index contributed by atoms with van der Waals surface area (Å²) >= 11 is 1.19. The molecule has 0 bridgehead atoms. The van der Waals surface area contributed by atoms with Gasteiger partial charge in [-0.3, -0.25) is 4.57 Å². The van der Waals surface area contributed by atoms with Crippen molar-refractivity contribution >= 4 is 22.8 Å². The maximum Gasteiger partial charge on any atom is 0.320 e. The van der Waals surface area contributed by atoms with Crippen LogP contribution in [0.4, 0.5) is 13.2 Å². The average molecular weight is 389 g/mol. The second-order valence-corrected chi connectivity index (χ2v) is 7.16. The third-order valence-electron chi connectivity index (χ3n) is 4.07. The summed E-state index contributed by atoms with van der Waals surface area (Å²) in [4.78, 5) is 8.54. The van der Waals surface area contributed by atoms with Gasteiger partial charge in [-0.1, -0.05) is 23.9 Å². The van der Waals surface area contributed by atoms with E-state index in [9.17, 15) is 13.2 Å². The van der Waals surface area contributed by atoms with Gasteiger partial charge in [0.15, 0.2) is 5.76 Å². The van der Waals surface area contributed by atoms with Crippen LogP contribution in [0.1, 0.15) is 24.5 Å². The number of rotatable bonds is 5. The normalized spacial score (nSPS) is 12.8. The van der Waals surface area contributed by atoms with E-state index in [1.807, 2.05) is 0 Å². The van der Waals surface area contributed by atoms with Gasteiger partial charge in [-0.2, -0.15) is 8.78 Å². The van der Waals surface area contributed by atoms with Crippen LogP contribution in [0.3, 0.4) is 0 Å². The molecular formula is C19H14F3N3OS. The second kappa shape index (κ2) is 7.11. The van der Waals surface area contributed by atoms with E-state index >= 15 is 0 Å². The molecular weight excluding hydrogens is 375 g/mol. The molecule has 0 aliphatic carbocycles. The molecule has 1 atom stereocenters. The molecule has 0 saturated heterocycles. The van der Waals surface area contributed by atoms with Crippen molar-refractivity contribution in [3.05, 3.63) is 66.4 Å². The zero-order valence-corrected chi connectivity index (χ0v) is 15.0. The van der Waals surface area contributed by atoms with Crippen molar-refractivity contribution in [1.82, 2.24) is 14.5 Å². The van der Waals surface area contributed by atoms with Gasteiger partial charge in [-0.25, -0.2) is 14.4 Å². The van der Waals surface area contributed by atoms with Gasteiger partial charge in [0.05, 0.1) is 22.5 Å². The van der Waals surface area contributed by atoms with Crippen molar-refractivity contribution in [2.45, 2.75) is 23.9 Å². The van der Waals surface area contributed by atoms with Crippen molar-refractivity contribution in [1.29, 1.82) is 0 Å². The Hall–Kier alpha value is -2.74. The van der Waals surface area contributed by atoms with Gasteiger partial charge in [0.25, 0.3) is 5.22 Å². The Labute approximate surface area is 157 Å². The van der Waals surface area contributed by atoms with E-state index in [2.05, 4.69) is 9.97 Å². The topological polar surface area (TPSA) is 43.9 Å². The number of hydrogen-bond donors (Lipinski definition) is 0. The molecule has 4 rings (SSSR count). The first-order valence-electron chi connectivity index (χ1n) is 8.16. The summed E-state index contributed by atoms with van der Waals surface area (Å²) in [7, 11) is 0. The molecule has 138 valence electrons. The highest BCUT2D eigenvalue weighted by Crippen LogP contribution is 2.38. The molecule has 0 aliphatic rings. The molecule has 0 saturated carbocycles. The van der Waals surface area contributed by atoms with E-state index < -0.39 is 11.8 Å². The standard InChI is InChI=1S/C19H14F3N3OS/c1-11(17-24-14-4-2-3-5-15(14)25(17)18(21)22)27-19-23-10-16(26-19)12-6-8-13(20)9-7-12/h2-11,18H,1H3. The number of aromatic nitrogens is 3. The maximum absolute atomic E-state index is 13.6. The zero-order chi connectivity index (χ0) is 19.0. The second-order valence-electron chi connectivity index (χ2n) is 5.86. The molecule has 0 radical (unpaired) electrons. The first-order valence-corrected chi connectivity index (χ1v) is 9.04. The van der Waals surface area contributed by atoms with Gasteiger partial charge in [0, 0.05) is 5.56 Å².